The van der Waals surface area contributed by atoms with E-state index in [0.29, 0.717) is 24.5 Å². The van der Waals surface area contributed by atoms with Gasteiger partial charge in [0.2, 0.25) is 0 Å². The Labute approximate surface area is 78.5 Å². The van der Waals surface area contributed by atoms with Crippen LogP contribution in [-0.2, 0) is 6.42 Å². The Bertz CT molecular complexity index is 350. The molecule has 0 aromatic carbocycles. The van der Waals surface area contributed by atoms with Gasteiger partial charge in [-0.05, 0) is 27.3 Å². The number of hydrogen-bond acceptors (Lipinski definition) is 7. The molecule has 0 aliphatic rings. The van der Waals surface area contributed by atoms with Gasteiger partial charge in [0.25, 0.3) is 0 Å². The van der Waals surface area contributed by atoms with E-state index in [1.165, 1.54) is 0 Å². The molecule has 0 spiro atoms. The molecule has 1 atom stereocenters. The summed E-state index contributed by atoms with van der Waals surface area (Å²) in [5.41, 5.74) is 5.80. The summed E-state index contributed by atoms with van der Waals surface area (Å²) in [6.07, 6.45) is 1.34. The summed E-state index contributed by atoms with van der Waals surface area (Å²) in [4.78, 5) is 0. The average Bonchev–Trinajstić information content (AvgIpc) is 2.87. The number of aromatic amines is 2. The van der Waals surface area contributed by atoms with Crippen LogP contribution in [0.1, 0.15) is 24.1 Å². The van der Waals surface area contributed by atoms with Crippen LogP contribution in [-0.4, -0.2) is 41.2 Å². The zero-order valence-corrected chi connectivity index (χ0v) is 7.25. The van der Waals surface area contributed by atoms with Crippen LogP contribution in [0.5, 0.6) is 0 Å². The van der Waals surface area contributed by atoms with E-state index in [2.05, 4.69) is 41.2 Å². The molecule has 0 aliphatic carbocycles. The predicted molar refractivity (Wildman–Crippen MR) is 43.6 cm³/mol. The maximum absolute atomic E-state index is 5.80. The Hall–Kier alpha value is -1.90. The van der Waals surface area contributed by atoms with Crippen LogP contribution in [0.3, 0.4) is 0 Å². The lowest BCUT2D eigenvalue weighted by atomic mass is 10.1. The number of hydrogen-bond donors (Lipinski definition) is 3. The molecule has 9 heteroatoms. The third kappa shape index (κ3) is 1.88. The van der Waals surface area contributed by atoms with Crippen molar-refractivity contribution in [1.29, 1.82) is 0 Å². The van der Waals surface area contributed by atoms with E-state index >= 15 is 0 Å². The summed E-state index contributed by atoms with van der Waals surface area (Å²) < 4.78 is 0. The number of nitrogens with two attached hydrogens (primary N) is 1. The van der Waals surface area contributed by atoms with Crippen molar-refractivity contribution in [2.24, 2.45) is 5.73 Å². The van der Waals surface area contributed by atoms with Gasteiger partial charge in [-0.25, -0.2) is 10.2 Å². The normalized spacial score (nSPS) is 12.9. The van der Waals surface area contributed by atoms with E-state index in [-0.39, 0.29) is 6.04 Å². The lowest BCUT2D eigenvalue weighted by molar-refractivity contribution is 0.601. The van der Waals surface area contributed by atoms with Gasteiger partial charge < -0.3 is 5.73 Å². The van der Waals surface area contributed by atoms with Crippen molar-refractivity contribution in [1.82, 2.24) is 41.2 Å². The molecule has 0 aliphatic heterocycles. The first-order chi connectivity index (χ1) is 6.86. The van der Waals surface area contributed by atoms with Gasteiger partial charge in [0.05, 0.1) is 6.04 Å². The van der Waals surface area contributed by atoms with E-state index < -0.39 is 0 Å². The lowest BCUT2D eigenvalue weighted by Crippen LogP contribution is -2.13. The number of rotatable bonds is 4. The molecule has 0 fully saturated rings. The smallest absolute Gasteiger partial charge is 0.165 e. The van der Waals surface area contributed by atoms with Crippen LogP contribution < -0.4 is 5.73 Å². The maximum atomic E-state index is 5.80. The third-order valence-electron chi connectivity index (χ3n) is 1.79. The summed E-state index contributed by atoms with van der Waals surface area (Å²) in [6.45, 7) is 0. The van der Waals surface area contributed by atoms with Crippen LogP contribution >= 0.6 is 0 Å². The first kappa shape index (κ1) is 8.69. The predicted octanol–water partition coefficient (Wildman–Crippen LogP) is -1.65. The number of aromatic nitrogens is 8. The van der Waals surface area contributed by atoms with Gasteiger partial charge in [-0.3, -0.25) is 0 Å². The summed E-state index contributed by atoms with van der Waals surface area (Å²) in [5, 5.41) is 26.5. The van der Waals surface area contributed by atoms with Gasteiger partial charge in [-0.2, -0.15) is 0 Å². The lowest BCUT2D eigenvalue weighted by Gasteiger charge is -2.04. The van der Waals surface area contributed by atoms with Gasteiger partial charge in [-0.1, -0.05) is 0 Å². The molecule has 2 rings (SSSR count). The van der Waals surface area contributed by atoms with Crippen LogP contribution in [0.15, 0.2) is 0 Å². The van der Waals surface area contributed by atoms with Crippen molar-refractivity contribution in [2.45, 2.75) is 18.9 Å². The highest BCUT2D eigenvalue weighted by Gasteiger charge is 2.10. The molecular formula is C5H9N9. The van der Waals surface area contributed by atoms with Crippen molar-refractivity contribution < 1.29 is 0 Å². The van der Waals surface area contributed by atoms with Crippen LogP contribution in [0, 0.1) is 0 Å². The number of tetrazole rings is 2. The monoisotopic (exact) mass is 195 g/mol. The molecule has 74 valence electrons. The molecule has 2 aromatic rings. The fourth-order valence-electron chi connectivity index (χ4n) is 1.04. The Morgan fingerprint density at radius 3 is 2.57 bits per heavy atom. The van der Waals surface area contributed by atoms with Crippen LogP contribution in [0.2, 0.25) is 0 Å². The van der Waals surface area contributed by atoms with E-state index in [4.69, 9.17) is 5.73 Å². The average molecular weight is 195 g/mol. The molecule has 4 N–H and O–H groups in total. The van der Waals surface area contributed by atoms with E-state index in [0.717, 1.165) is 0 Å². The van der Waals surface area contributed by atoms with Gasteiger partial charge in [0, 0.05) is 6.42 Å². The Morgan fingerprint density at radius 1 is 1.14 bits per heavy atom. The van der Waals surface area contributed by atoms with Gasteiger partial charge in [-0.15, -0.1) is 10.2 Å². The number of nitrogens with one attached hydrogen (secondary N) is 2. The van der Waals surface area contributed by atoms with Crippen molar-refractivity contribution in [2.75, 3.05) is 0 Å². The molecule has 0 bridgehead atoms. The summed E-state index contributed by atoms with van der Waals surface area (Å²) in [7, 11) is 0. The van der Waals surface area contributed by atoms with Crippen molar-refractivity contribution >= 4 is 0 Å². The zero-order chi connectivity index (χ0) is 9.80. The number of aryl methyl sites for hydroxylation is 1. The van der Waals surface area contributed by atoms with E-state index in [9.17, 15) is 0 Å². The summed E-state index contributed by atoms with van der Waals surface area (Å²) in [5.74, 6) is 1.27. The van der Waals surface area contributed by atoms with Crippen molar-refractivity contribution in [3.63, 3.8) is 0 Å². The molecule has 14 heavy (non-hydrogen) atoms. The second kappa shape index (κ2) is 3.87. The Balaban J connectivity index is 1.87. The molecule has 2 aromatic heterocycles. The third-order valence-corrected chi connectivity index (χ3v) is 1.79. The maximum Gasteiger partial charge on any atom is 0.165 e. The largest absolute Gasteiger partial charge is 0.321 e. The minimum absolute atomic E-state index is 0.227. The van der Waals surface area contributed by atoms with Crippen molar-refractivity contribution in [3.8, 4) is 0 Å². The topological polar surface area (TPSA) is 135 Å². The minimum atomic E-state index is -0.227. The Morgan fingerprint density at radius 2 is 1.93 bits per heavy atom. The second-order valence-corrected chi connectivity index (χ2v) is 2.78. The zero-order valence-electron chi connectivity index (χ0n) is 7.25. The highest BCUT2D eigenvalue weighted by Crippen LogP contribution is 2.08. The van der Waals surface area contributed by atoms with Crippen LogP contribution in [0.4, 0.5) is 0 Å². The molecule has 0 saturated heterocycles. The molecule has 1 unspecified atom stereocenters. The van der Waals surface area contributed by atoms with Gasteiger partial charge in [0.15, 0.2) is 5.82 Å². The summed E-state index contributed by atoms with van der Waals surface area (Å²) >= 11 is 0. The van der Waals surface area contributed by atoms with Crippen molar-refractivity contribution in [3.05, 3.63) is 11.6 Å². The highest BCUT2D eigenvalue weighted by molar-refractivity contribution is 4.89. The quantitative estimate of drug-likeness (QED) is 0.531. The molecule has 0 amide bonds. The standard InChI is InChI=1S/C5H9N9/c6-3(5-9-13-14-10-5)1-2-4-7-11-12-8-4/h3H,1-2,6H2,(H,7,8,11,12)(H,9,10,13,14). The first-order valence-corrected chi connectivity index (χ1v) is 4.08. The molecule has 0 radical (unpaired) electrons. The molecule has 9 nitrogen and oxygen atoms in total. The SMILES string of the molecule is NC(CCc1nnn[nH]1)c1nnn[nH]1. The second-order valence-electron chi connectivity index (χ2n) is 2.78. The number of H-pyrrole nitrogens is 2. The fraction of sp³-hybridized carbons (Fsp3) is 0.600. The highest BCUT2D eigenvalue weighted by atomic mass is 15.5. The number of nitrogens with zero attached hydrogens (tertiary/aromatic N) is 6. The summed E-state index contributed by atoms with van der Waals surface area (Å²) in [6, 6.07) is -0.227. The van der Waals surface area contributed by atoms with Crippen LogP contribution in [0.25, 0.3) is 0 Å². The van der Waals surface area contributed by atoms with E-state index in [1.54, 1.807) is 0 Å². The first-order valence-electron chi connectivity index (χ1n) is 4.08. The molecular weight excluding hydrogens is 186 g/mol. The molecule has 2 heterocycles. The molecule has 0 saturated carbocycles. The van der Waals surface area contributed by atoms with Gasteiger partial charge in [0.1, 0.15) is 5.82 Å². The minimum Gasteiger partial charge on any atom is -0.321 e. The van der Waals surface area contributed by atoms with Gasteiger partial charge >= 0.3 is 0 Å². The van der Waals surface area contributed by atoms with E-state index in [1.807, 2.05) is 0 Å². The Kier molecular flexibility index (Phi) is 2.40. The fourth-order valence-corrected chi connectivity index (χ4v) is 1.04.